The number of halogens is 3. The first-order valence-electron chi connectivity index (χ1n) is 11.3. The molecule has 7 heteroatoms. The third kappa shape index (κ3) is 4.06. The number of hydrogen-bond acceptors (Lipinski definition) is 3. The second-order valence-electron chi connectivity index (χ2n) is 8.68. The van der Waals surface area contributed by atoms with Crippen molar-refractivity contribution in [2.45, 2.75) is 31.9 Å². The predicted octanol–water partition coefficient (Wildman–Crippen LogP) is 6.84. The van der Waals surface area contributed by atoms with Gasteiger partial charge in [-0.05, 0) is 54.3 Å². The number of amides is 2. The minimum Gasteiger partial charge on any atom is -0.455 e. The molecule has 0 radical (unpaired) electrons. The van der Waals surface area contributed by atoms with Crippen LogP contribution in [-0.2, 0) is 15.8 Å². The first kappa shape index (κ1) is 22.2. The number of hydrogen-bond donors (Lipinski definition) is 0. The molecule has 0 unspecified atom stereocenters. The van der Waals surface area contributed by atoms with Crippen LogP contribution in [-0.4, -0.2) is 11.8 Å². The van der Waals surface area contributed by atoms with Crippen LogP contribution < -0.4 is 9.64 Å². The summed E-state index contributed by atoms with van der Waals surface area (Å²) in [6, 6.07) is 19.7. The van der Waals surface area contributed by atoms with Gasteiger partial charge < -0.3 is 4.74 Å². The van der Waals surface area contributed by atoms with Crippen molar-refractivity contribution in [3.8, 4) is 22.6 Å². The average Bonchev–Trinajstić information content (AvgIpc) is 3.10. The number of nitrogens with zero attached hydrogens (tertiary/aromatic N) is 1. The summed E-state index contributed by atoms with van der Waals surface area (Å²) in [4.78, 5) is 27.1. The molecule has 2 atom stereocenters. The average molecular weight is 465 g/mol. The Balaban J connectivity index is 1.50. The number of alkyl halides is 3. The van der Waals surface area contributed by atoms with Gasteiger partial charge >= 0.3 is 6.18 Å². The van der Waals surface area contributed by atoms with Gasteiger partial charge in [0.15, 0.2) is 5.75 Å². The normalized spacial score (nSPS) is 20.4. The Kier molecular flexibility index (Phi) is 5.63. The van der Waals surface area contributed by atoms with Gasteiger partial charge in [-0.3, -0.25) is 9.59 Å². The summed E-state index contributed by atoms with van der Waals surface area (Å²) in [7, 11) is 0. The van der Waals surface area contributed by atoms with E-state index in [0.29, 0.717) is 18.6 Å². The molecule has 2 amide bonds. The van der Waals surface area contributed by atoms with Crippen LogP contribution in [0.5, 0.6) is 11.5 Å². The lowest BCUT2D eigenvalue weighted by molar-refractivity contribution is -0.137. The second-order valence-corrected chi connectivity index (χ2v) is 8.68. The molecule has 3 aromatic rings. The molecule has 0 bridgehead atoms. The maximum atomic E-state index is 13.5. The highest BCUT2D eigenvalue weighted by Gasteiger charge is 2.50. The fraction of sp³-hybridized carbons (Fsp3) is 0.259. The molecule has 0 aromatic heterocycles. The number of benzene rings is 3. The van der Waals surface area contributed by atoms with Gasteiger partial charge in [0.2, 0.25) is 11.8 Å². The van der Waals surface area contributed by atoms with E-state index in [0.717, 1.165) is 41.0 Å². The number of imide groups is 1. The Labute approximate surface area is 195 Å². The SMILES string of the molecule is O=C1[C@H]2CCCC[C@H]2C(=O)N1c1cc(C(F)(F)F)ccc1Oc1ccc(-c2ccccc2)cc1. The fourth-order valence-corrected chi connectivity index (χ4v) is 4.83. The molecule has 1 saturated heterocycles. The van der Waals surface area contributed by atoms with Crippen LogP contribution in [0.4, 0.5) is 18.9 Å². The number of carbonyl (C=O) groups excluding carboxylic acids is 2. The zero-order valence-corrected chi connectivity index (χ0v) is 18.2. The van der Waals surface area contributed by atoms with E-state index in [4.69, 9.17) is 4.74 Å². The highest BCUT2D eigenvalue weighted by Crippen LogP contribution is 2.45. The highest BCUT2D eigenvalue weighted by molar-refractivity contribution is 6.22. The minimum atomic E-state index is -4.62. The number of carbonyl (C=O) groups is 2. The largest absolute Gasteiger partial charge is 0.455 e. The minimum absolute atomic E-state index is 0.0285. The molecule has 1 aliphatic heterocycles. The van der Waals surface area contributed by atoms with Crippen LogP contribution in [0.15, 0.2) is 72.8 Å². The first-order chi connectivity index (χ1) is 16.3. The topological polar surface area (TPSA) is 46.6 Å². The lowest BCUT2D eigenvalue weighted by atomic mass is 9.81. The number of anilines is 1. The third-order valence-electron chi connectivity index (χ3n) is 6.56. The predicted molar refractivity (Wildman–Crippen MR) is 121 cm³/mol. The summed E-state index contributed by atoms with van der Waals surface area (Å²) in [5.74, 6) is -1.43. The van der Waals surface area contributed by atoms with E-state index in [1.165, 1.54) is 6.07 Å². The van der Waals surface area contributed by atoms with Crippen molar-refractivity contribution < 1.29 is 27.5 Å². The summed E-state index contributed by atoms with van der Waals surface area (Å²) in [6.45, 7) is 0. The molecule has 0 spiro atoms. The van der Waals surface area contributed by atoms with Crippen molar-refractivity contribution in [1.29, 1.82) is 0 Å². The lowest BCUT2D eigenvalue weighted by Gasteiger charge is -2.21. The number of ether oxygens (including phenoxy) is 1. The van der Waals surface area contributed by atoms with Crippen LogP contribution in [0.1, 0.15) is 31.2 Å². The zero-order chi connectivity index (χ0) is 23.9. The standard InChI is InChI=1S/C27H22F3NO3/c28-27(29,30)19-12-15-24(34-20-13-10-18(11-14-20)17-6-2-1-3-7-17)23(16-19)31-25(32)21-8-4-5-9-22(21)26(31)33/h1-3,6-7,10-16,21-22H,4-5,8-9H2/t21-,22+. The second kappa shape index (κ2) is 8.63. The van der Waals surface area contributed by atoms with E-state index in [1.54, 1.807) is 12.1 Å². The van der Waals surface area contributed by atoms with Crippen molar-refractivity contribution >= 4 is 17.5 Å². The first-order valence-corrected chi connectivity index (χ1v) is 11.3. The Morgan fingerprint density at radius 1 is 0.765 bits per heavy atom. The summed E-state index contributed by atoms with van der Waals surface area (Å²) in [5, 5.41) is 0. The quantitative estimate of drug-likeness (QED) is 0.396. The van der Waals surface area contributed by atoms with E-state index in [1.807, 2.05) is 42.5 Å². The maximum Gasteiger partial charge on any atom is 0.416 e. The van der Waals surface area contributed by atoms with Crippen molar-refractivity contribution in [3.63, 3.8) is 0 Å². The molecule has 4 nitrogen and oxygen atoms in total. The fourth-order valence-electron chi connectivity index (χ4n) is 4.83. The molecule has 1 heterocycles. The zero-order valence-electron chi connectivity index (χ0n) is 18.2. The third-order valence-corrected chi connectivity index (χ3v) is 6.56. The van der Waals surface area contributed by atoms with Crippen LogP contribution in [0.2, 0.25) is 0 Å². The molecule has 5 rings (SSSR count). The van der Waals surface area contributed by atoms with Gasteiger partial charge in [-0.2, -0.15) is 13.2 Å². The van der Waals surface area contributed by atoms with E-state index in [9.17, 15) is 22.8 Å². The Morgan fingerprint density at radius 3 is 1.94 bits per heavy atom. The van der Waals surface area contributed by atoms with E-state index in [2.05, 4.69) is 0 Å². The van der Waals surface area contributed by atoms with Gasteiger partial charge in [0.1, 0.15) is 5.75 Å². The van der Waals surface area contributed by atoms with Gasteiger partial charge in [-0.15, -0.1) is 0 Å². The monoisotopic (exact) mass is 465 g/mol. The van der Waals surface area contributed by atoms with Crippen LogP contribution >= 0.6 is 0 Å². The van der Waals surface area contributed by atoms with Crippen molar-refractivity contribution in [2.24, 2.45) is 11.8 Å². The molecule has 2 fully saturated rings. The summed E-state index contributed by atoms with van der Waals surface area (Å²) < 4.78 is 46.4. The lowest BCUT2D eigenvalue weighted by Crippen LogP contribution is -2.31. The van der Waals surface area contributed by atoms with Crippen LogP contribution in [0.3, 0.4) is 0 Å². The molecule has 1 aliphatic carbocycles. The van der Waals surface area contributed by atoms with Gasteiger partial charge in [-0.1, -0.05) is 55.3 Å². The van der Waals surface area contributed by atoms with Crippen LogP contribution in [0, 0.1) is 11.8 Å². The molecule has 34 heavy (non-hydrogen) atoms. The van der Waals surface area contributed by atoms with E-state index < -0.39 is 35.4 Å². The Bertz CT molecular complexity index is 1200. The molecule has 3 aromatic carbocycles. The molecule has 0 N–H and O–H groups in total. The Morgan fingerprint density at radius 2 is 1.35 bits per heavy atom. The molecule has 174 valence electrons. The van der Waals surface area contributed by atoms with Crippen LogP contribution in [0.25, 0.3) is 11.1 Å². The summed E-state index contributed by atoms with van der Waals surface area (Å²) in [6.07, 6.45) is -1.83. The molecule has 1 saturated carbocycles. The van der Waals surface area contributed by atoms with E-state index in [-0.39, 0.29) is 11.4 Å². The number of fused-ring (bicyclic) bond motifs is 1. The smallest absolute Gasteiger partial charge is 0.416 e. The van der Waals surface area contributed by atoms with Gasteiger partial charge in [-0.25, -0.2) is 4.90 Å². The van der Waals surface area contributed by atoms with Crippen molar-refractivity contribution in [3.05, 3.63) is 78.4 Å². The molecule has 2 aliphatic rings. The molecular formula is C27H22F3NO3. The van der Waals surface area contributed by atoms with Gasteiger partial charge in [0, 0.05) is 0 Å². The number of rotatable bonds is 4. The van der Waals surface area contributed by atoms with Gasteiger partial charge in [0.05, 0.1) is 23.1 Å². The van der Waals surface area contributed by atoms with Crippen molar-refractivity contribution in [1.82, 2.24) is 0 Å². The summed E-state index contributed by atoms with van der Waals surface area (Å²) >= 11 is 0. The van der Waals surface area contributed by atoms with E-state index >= 15 is 0 Å². The van der Waals surface area contributed by atoms with Crippen molar-refractivity contribution in [2.75, 3.05) is 4.90 Å². The molecular weight excluding hydrogens is 443 g/mol. The highest BCUT2D eigenvalue weighted by atomic mass is 19.4. The summed E-state index contributed by atoms with van der Waals surface area (Å²) in [5.41, 5.74) is 0.866. The van der Waals surface area contributed by atoms with Gasteiger partial charge in [0.25, 0.3) is 0 Å². The Hall–Kier alpha value is -3.61. The maximum absolute atomic E-state index is 13.5.